The van der Waals surface area contributed by atoms with Crippen LogP contribution in [0.2, 0.25) is 0 Å². The Bertz CT molecular complexity index is 424. The van der Waals surface area contributed by atoms with Crippen LogP contribution < -0.4 is 10.3 Å². The van der Waals surface area contributed by atoms with Gasteiger partial charge in [-0.1, -0.05) is 20.8 Å². The molecule has 0 aliphatic heterocycles. The van der Waals surface area contributed by atoms with E-state index < -0.39 is 0 Å². The molecule has 1 aromatic heterocycles. The third-order valence-corrected chi connectivity index (χ3v) is 2.86. The van der Waals surface area contributed by atoms with Gasteiger partial charge in [-0.3, -0.25) is 9.78 Å². The van der Waals surface area contributed by atoms with Gasteiger partial charge in [-0.2, -0.15) is 0 Å². The molecule has 0 unspecified atom stereocenters. The second-order valence-electron chi connectivity index (χ2n) is 5.60. The van der Waals surface area contributed by atoms with Crippen molar-refractivity contribution < 1.29 is 4.74 Å². The van der Waals surface area contributed by atoms with E-state index in [-0.39, 0.29) is 11.0 Å². The molecule has 0 aromatic carbocycles. The summed E-state index contributed by atoms with van der Waals surface area (Å²) in [6.45, 7) is 6.99. The van der Waals surface area contributed by atoms with Crippen LogP contribution in [0.4, 0.5) is 0 Å². The molecule has 1 fully saturated rings. The van der Waals surface area contributed by atoms with E-state index in [9.17, 15) is 4.79 Å². The summed E-state index contributed by atoms with van der Waals surface area (Å²) in [7, 11) is 0. The standard InChI is InChI=1S/C13H19NO2/c1-13(2,3)10-6-11(15)14-12(7-10)16-8-9-4-5-9/h6-7,9H,4-5,8H2,1-3H3,(H,14,15). The molecule has 0 amide bonds. The normalized spacial score (nSPS) is 16.2. The van der Waals surface area contributed by atoms with Crippen LogP contribution in [-0.2, 0) is 5.41 Å². The van der Waals surface area contributed by atoms with E-state index in [0.29, 0.717) is 11.8 Å². The molecule has 1 saturated carbocycles. The van der Waals surface area contributed by atoms with Crippen molar-refractivity contribution >= 4 is 0 Å². The highest BCUT2D eigenvalue weighted by Crippen LogP contribution is 2.29. The number of aromatic amines is 1. The Morgan fingerprint density at radius 3 is 2.62 bits per heavy atom. The number of rotatable bonds is 3. The Morgan fingerprint density at radius 2 is 2.06 bits per heavy atom. The number of pyridine rings is 1. The predicted octanol–water partition coefficient (Wildman–Crippen LogP) is 2.46. The minimum absolute atomic E-state index is 0.0219. The number of hydrogen-bond donors (Lipinski definition) is 1. The molecule has 0 radical (unpaired) electrons. The van der Waals surface area contributed by atoms with Gasteiger partial charge in [0.25, 0.3) is 5.56 Å². The quantitative estimate of drug-likeness (QED) is 0.852. The van der Waals surface area contributed by atoms with Crippen molar-refractivity contribution in [3.63, 3.8) is 0 Å². The number of aromatic nitrogens is 1. The van der Waals surface area contributed by atoms with Gasteiger partial charge in [-0.25, -0.2) is 0 Å². The van der Waals surface area contributed by atoms with E-state index >= 15 is 0 Å². The SMILES string of the molecule is CC(C)(C)c1cc(OCC2CC2)[nH]c(=O)c1. The molecule has 0 spiro atoms. The first-order valence-corrected chi connectivity index (χ1v) is 5.83. The average molecular weight is 221 g/mol. The Labute approximate surface area is 95.8 Å². The zero-order valence-electron chi connectivity index (χ0n) is 10.2. The Balaban J connectivity index is 2.17. The Morgan fingerprint density at radius 1 is 1.38 bits per heavy atom. The van der Waals surface area contributed by atoms with Crippen LogP contribution in [0, 0.1) is 5.92 Å². The van der Waals surface area contributed by atoms with E-state index in [2.05, 4.69) is 25.8 Å². The van der Waals surface area contributed by atoms with Gasteiger partial charge < -0.3 is 4.74 Å². The van der Waals surface area contributed by atoms with Crippen LogP contribution in [0.15, 0.2) is 16.9 Å². The van der Waals surface area contributed by atoms with Crippen LogP contribution in [0.25, 0.3) is 0 Å². The van der Waals surface area contributed by atoms with E-state index in [1.807, 2.05) is 6.07 Å². The van der Waals surface area contributed by atoms with Gasteiger partial charge in [-0.15, -0.1) is 0 Å². The first kappa shape index (κ1) is 11.2. The fourth-order valence-electron chi connectivity index (χ4n) is 1.52. The van der Waals surface area contributed by atoms with Crippen molar-refractivity contribution in [3.05, 3.63) is 28.0 Å². The maximum atomic E-state index is 11.5. The van der Waals surface area contributed by atoms with Gasteiger partial charge in [0.05, 0.1) is 6.61 Å². The molecular weight excluding hydrogens is 202 g/mol. The Hall–Kier alpha value is -1.25. The summed E-state index contributed by atoms with van der Waals surface area (Å²) in [6.07, 6.45) is 2.51. The van der Waals surface area contributed by atoms with Crippen molar-refractivity contribution in [2.45, 2.75) is 39.0 Å². The van der Waals surface area contributed by atoms with Crippen molar-refractivity contribution in [1.82, 2.24) is 4.98 Å². The number of hydrogen-bond acceptors (Lipinski definition) is 2. The zero-order chi connectivity index (χ0) is 11.8. The van der Waals surface area contributed by atoms with Gasteiger partial charge in [0.2, 0.25) is 0 Å². The molecule has 2 rings (SSSR count). The summed E-state index contributed by atoms with van der Waals surface area (Å²) in [4.78, 5) is 14.2. The molecule has 1 N–H and O–H groups in total. The molecule has 1 aliphatic rings. The van der Waals surface area contributed by atoms with Gasteiger partial charge in [0, 0.05) is 12.1 Å². The average Bonchev–Trinajstić information content (AvgIpc) is 2.96. The minimum atomic E-state index is -0.0850. The van der Waals surface area contributed by atoms with Gasteiger partial charge >= 0.3 is 0 Å². The lowest BCUT2D eigenvalue weighted by atomic mass is 9.88. The molecule has 88 valence electrons. The van der Waals surface area contributed by atoms with Crippen LogP contribution in [0.1, 0.15) is 39.2 Å². The molecule has 16 heavy (non-hydrogen) atoms. The smallest absolute Gasteiger partial charge is 0.250 e. The van der Waals surface area contributed by atoms with Gasteiger partial charge in [0.1, 0.15) is 0 Å². The molecule has 1 aromatic rings. The topological polar surface area (TPSA) is 42.1 Å². The van der Waals surface area contributed by atoms with Crippen LogP contribution >= 0.6 is 0 Å². The first-order chi connectivity index (χ1) is 7.45. The molecule has 1 heterocycles. The lowest BCUT2D eigenvalue weighted by Gasteiger charge is -2.19. The van der Waals surface area contributed by atoms with Crippen molar-refractivity contribution in [2.24, 2.45) is 5.92 Å². The maximum Gasteiger partial charge on any atom is 0.250 e. The second kappa shape index (κ2) is 3.96. The monoisotopic (exact) mass is 221 g/mol. The summed E-state index contributed by atoms with van der Waals surface area (Å²) in [6, 6.07) is 3.58. The molecule has 0 bridgehead atoms. The predicted molar refractivity (Wildman–Crippen MR) is 64.0 cm³/mol. The summed E-state index contributed by atoms with van der Waals surface area (Å²) in [5.41, 5.74) is 0.909. The number of nitrogens with one attached hydrogen (secondary N) is 1. The van der Waals surface area contributed by atoms with Crippen LogP contribution in [0.5, 0.6) is 5.88 Å². The summed E-state index contributed by atoms with van der Waals surface area (Å²) >= 11 is 0. The van der Waals surface area contributed by atoms with Crippen LogP contribution in [-0.4, -0.2) is 11.6 Å². The molecule has 3 heteroatoms. The van der Waals surface area contributed by atoms with Crippen molar-refractivity contribution in [2.75, 3.05) is 6.61 Å². The van der Waals surface area contributed by atoms with E-state index in [1.54, 1.807) is 6.07 Å². The Kier molecular flexibility index (Phi) is 2.78. The minimum Gasteiger partial charge on any atom is -0.479 e. The van der Waals surface area contributed by atoms with Gasteiger partial charge in [-0.05, 0) is 29.7 Å². The largest absolute Gasteiger partial charge is 0.479 e. The van der Waals surface area contributed by atoms with Crippen molar-refractivity contribution in [3.8, 4) is 5.88 Å². The third kappa shape index (κ3) is 2.87. The lowest BCUT2D eigenvalue weighted by molar-refractivity contribution is 0.287. The fourth-order valence-corrected chi connectivity index (χ4v) is 1.52. The molecule has 0 atom stereocenters. The highest BCUT2D eigenvalue weighted by atomic mass is 16.5. The maximum absolute atomic E-state index is 11.5. The third-order valence-electron chi connectivity index (χ3n) is 2.86. The molecule has 0 saturated heterocycles. The van der Waals surface area contributed by atoms with Gasteiger partial charge in [0.15, 0.2) is 5.88 Å². The highest BCUT2D eigenvalue weighted by Gasteiger charge is 2.22. The van der Waals surface area contributed by atoms with E-state index in [0.717, 1.165) is 12.2 Å². The highest BCUT2D eigenvalue weighted by molar-refractivity contribution is 5.26. The zero-order valence-corrected chi connectivity index (χ0v) is 10.2. The summed E-state index contributed by atoms with van der Waals surface area (Å²) < 4.78 is 5.59. The molecule has 3 nitrogen and oxygen atoms in total. The second-order valence-corrected chi connectivity index (χ2v) is 5.60. The molecular formula is C13H19NO2. The summed E-state index contributed by atoms with van der Waals surface area (Å²) in [5, 5.41) is 0. The fraction of sp³-hybridized carbons (Fsp3) is 0.615. The summed E-state index contributed by atoms with van der Waals surface area (Å²) in [5.74, 6) is 1.30. The lowest BCUT2D eigenvalue weighted by Crippen LogP contribution is -2.17. The first-order valence-electron chi connectivity index (χ1n) is 5.83. The van der Waals surface area contributed by atoms with E-state index in [4.69, 9.17) is 4.74 Å². The number of ether oxygens (including phenoxy) is 1. The van der Waals surface area contributed by atoms with E-state index in [1.165, 1.54) is 12.8 Å². The van der Waals surface area contributed by atoms with Crippen LogP contribution in [0.3, 0.4) is 0 Å². The van der Waals surface area contributed by atoms with Crippen molar-refractivity contribution in [1.29, 1.82) is 0 Å². The molecule has 1 aliphatic carbocycles. The number of H-pyrrole nitrogens is 1.